The lowest BCUT2D eigenvalue weighted by atomic mass is 10.2. The molecule has 0 radical (unpaired) electrons. The summed E-state index contributed by atoms with van der Waals surface area (Å²) in [6.45, 7) is 4.05. The molecule has 3 rings (SSSR count). The number of hydrogen-bond donors (Lipinski definition) is 2. The minimum absolute atomic E-state index is 0.0201. The summed E-state index contributed by atoms with van der Waals surface area (Å²) in [6.07, 6.45) is 0.714. The van der Waals surface area contributed by atoms with E-state index in [-0.39, 0.29) is 29.0 Å². The fraction of sp³-hybridized carbons (Fsp3) is 0.353. The highest BCUT2D eigenvalue weighted by Gasteiger charge is 2.27. The van der Waals surface area contributed by atoms with Crippen molar-refractivity contribution >= 4 is 44.0 Å². The molecule has 0 spiro atoms. The number of nitrogens with one attached hydrogen (secondary N) is 1. The maximum absolute atomic E-state index is 12.7. The van der Waals surface area contributed by atoms with Crippen LogP contribution in [0.5, 0.6) is 0 Å². The molecular formula is C17H20N4O4S2. The van der Waals surface area contributed by atoms with E-state index >= 15 is 0 Å². The molecule has 27 heavy (non-hydrogen) atoms. The van der Waals surface area contributed by atoms with E-state index in [1.54, 1.807) is 30.2 Å². The van der Waals surface area contributed by atoms with Crippen LogP contribution in [-0.2, 0) is 32.5 Å². The Bertz CT molecular complexity index is 998. The average Bonchev–Trinajstić information content (AvgIpc) is 3.19. The summed E-state index contributed by atoms with van der Waals surface area (Å²) in [5, 5.41) is 10.1. The summed E-state index contributed by atoms with van der Waals surface area (Å²) >= 11 is 1.26. The summed E-state index contributed by atoms with van der Waals surface area (Å²) in [6, 6.07) is 4.57. The molecule has 0 unspecified atom stereocenters. The number of nitrogens with zero attached hydrogens (tertiary/aromatic N) is 2. The van der Waals surface area contributed by atoms with Crippen LogP contribution in [0.4, 0.5) is 10.8 Å². The topological polar surface area (TPSA) is 122 Å². The first-order chi connectivity index (χ1) is 12.6. The summed E-state index contributed by atoms with van der Waals surface area (Å²) in [5.74, 6) is -0.480. The van der Waals surface area contributed by atoms with Crippen molar-refractivity contribution in [3.63, 3.8) is 0 Å². The van der Waals surface area contributed by atoms with Crippen molar-refractivity contribution in [3.05, 3.63) is 34.8 Å². The number of hydrogen-bond acceptors (Lipinski definition) is 6. The van der Waals surface area contributed by atoms with Crippen LogP contribution in [0.15, 0.2) is 28.5 Å². The molecule has 0 aliphatic carbocycles. The molecule has 0 atom stereocenters. The van der Waals surface area contributed by atoms with Crippen molar-refractivity contribution in [2.45, 2.75) is 31.6 Å². The van der Waals surface area contributed by atoms with Crippen LogP contribution in [0.2, 0.25) is 0 Å². The minimum atomic E-state index is -3.84. The number of carbonyl (C=O) groups excluding carboxylic acids is 2. The molecule has 2 heterocycles. The maximum Gasteiger partial charge on any atom is 0.238 e. The lowest BCUT2D eigenvalue weighted by Crippen LogP contribution is -2.30. The van der Waals surface area contributed by atoms with Crippen LogP contribution in [-0.4, -0.2) is 31.8 Å². The second-order valence-electron chi connectivity index (χ2n) is 6.60. The Morgan fingerprint density at radius 1 is 1.37 bits per heavy atom. The molecule has 0 saturated carbocycles. The van der Waals surface area contributed by atoms with Crippen LogP contribution >= 0.6 is 11.3 Å². The van der Waals surface area contributed by atoms with E-state index in [4.69, 9.17) is 5.14 Å². The average molecular weight is 409 g/mol. The van der Waals surface area contributed by atoms with E-state index in [0.717, 1.165) is 5.56 Å². The van der Waals surface area contributed by atoms with Gasteiger partial charge in [-0.3, -0.25) is 9.59 Å². The number of rotatable bonds is 5. The van der Waals surface area contributed by atoms with Crippen LogP contribution < -0.4 is 15.4 Å². The van der Waals surface area contributed by atoms with E-state index in [2.05, 4.69) is 10.3 Å². The van der Waals surface area contributed by atoms with Gasteiger partial charge in [0.2, 0.25) is 21.8 Å². The number of primary sulfonamides is 1. The number of nitrogens with two attached hydrogens (primary N) is 1. The molecule has 144 valence electrons. The predicted octanol–water partition coefficient (Wildman–Crippen LogP) is 1.52. The molecule has 1 aliphatic heterocycles. The predicted molar refractivity (Wildman–Crippen MR) is 103 cm³/mol. The van der Waals surface area contributed by atoms with Gasteiger partial charge in [-0.25, -0.2) is 18.5 Å². The first-order valence-corrected chi connectivity index (χ1v) is 10.8. The van der Waals surface area contributed by atoms with Gasteiger partial charge in [-0.2, -0.15) is 0 Å². The van der Waals surface area contributed by atoms with Crippen molar-refractivity contribution in [2.75, 3.05) is 16.8 Å². The number of anilines is 2. The van der Waals surface area contributed by atoms with E-state index in [9.17, 15) is 18.0 Å². The molecule has 0 bridgehead atoms. The second kappa shape index (κ2) is 7.37. The molecule has 2 aromatic rings. The third-order valence-corrected chi connectivity index (χ3v) is 5.94. The highest BCUT2D eigenvalue weighted by molar-refractivity contribution is 7.89. The third-order valence-electron chi connectivity index (χ3n) is 4.22. The standard InChI is InChI=1S/C17H20N4O4S2/c1-10(2)16(23)20-17-19-12(9-26-17)7-15(22)21-6-5-11-3-4-13(8-14(11)21)27(18,24)25/h3-4,8-10H,5-7H2,1-2H3,(H2,18,24,25)(H,19,20,23). The lowest BCUT2D eigenvalue weighted by Gasteiger charge is -2.17. The normalized spacial score (nSPS) is 13.7. The van der Waals surface area contributed by atoms with Gasteiger partial charge in [0, 0.05) is 23.5 Å². The van der Waals surface area contributed by atoms with Crippen LogP contribution in [0.1, 0.15) is 25.1 Å². The number of amides is 2. The highest BCUT2D eigenvalue weighted by Crippen LogP contribution is 2.31. The highest BCUT2D eigenvalue weighted by atomic mass is 32.2. The Morgan fingerprint density at radius 2 is 2.11 bits per heavy atom. The number of benzene rings is 1. The van der Waals surface area contributed by atoms with Gasteiger partial charge in [0.15, 0.2) is 5.13 Å². The lowest BCUT2D eigenvalue weighted by molar-refractivity contribution is -0.119. The molecule has 2 amide bonds. The Morgan fingerprint density at radius 3 is 2.78 bits per heavy atom. The molecule has 10 heteroatoms. The summed E-state index contributed by atoms with van der Waals surface area (Å²) < 4.78 is 23.1. The zero-order chi connectivity index (χ0) is 19.8. The van der Waals surface area contributed by atoms with E-state index in [0.29, 0.717) is 29.5 Å². The Kier molecular flexibility index (Phi) is 5.31. The molecule has 8 nitrogen and oxygen atoms in total. The number of thiazole rings is 1. The second-order valence-corrected chi connectivity index (χ2v) is 9.02. The summed E-state index contributed by atoms with van der Waals surface area (Å²) in [7, 11) is -3.84. The number of sulfonamides is 1. The zero-order valence-electron chi connectivity index (χ0n) is 14.9. The van der Waals surface area contributed by atoms with Gasteiger partial charge < -0.3 is 10.2 Å². The molecule has 1 aromatic carbocycles. The van der Waals surface area contributed by atoms with Crippen molar-refractivity contribution in [1.82, 2.24) is 4.98 Å². The molecule has 0 saturated heterocycles. The monoisotopic (exact) mass is 408 g/mol. The first-order valence-electron chi connectivity index (χ1n) is 8.36. The first kappa shape index (κ1) is 19.5. The number of fused-ring (bicyclic) bond motifs is 1. The van der Waals surface area contributed by atoms with E-state index in [1.807, 2.05) is 0 Å². The van der Waals surface area contributed by atoms with Crippen LogP contribution in [0.3, 0.4) is 0 Å². The Labute approximate surface area is 161 Å². The van der Waals surface area contributed by atoms with Gasteiger partial charge in [-0.05, 0) is 24.1 Å². The molecule has 0 fully saturated rings. The van der Waals surface area contributed by atoms with E-state index in [1.165, 1.54) is 23.5 Å². The van der Waals surface area contributed by atoms with Gasteiger partial charge in [0.05, 0.1) is 17.0 Å². The summed E-state index contributed by atoms with van der Waals surface area (Å²) in [4.78, 5) is 30.2. The van der Waals surface area contributed by atoms with E-state index < -0.39 is 10.0 Å². The van der Waals surface area contributed by atoms with Gasteiger partial charge in [0.1, 0.15) is 0 Å². The maximum atomic E-state index is 12.7. The van der Waals surface area contributed by atoms with Crippen molar-refractivity contribution in [1.29, 1.82) is 0 Å². The van der Waals surface area contributed by atoms with Crippen LogP contribution in [0.25, 0.3) is 0 Å². The van der Waals surface area contributed by atoms with Gasteiger partial charge in [-0.15, -0.1) is 11.3 Å². The largest absolute Gasteiger partial charge is 0.311 e. The Hall–Kier alpha value is -2.30. The number of carbonyl (C=O) groups is 2. The minimum Gasteiger partial charge on any atom is -0.311 e. The van der Waals surface area contributed by atoms with Crippen molar-refractivity contribution < 1.29 is 18.0 Å². The van der Waals surface area contributed by atoms with Crippen molar-refractivity contribution in [2.24, 2.45) is 11.1 Å². The third kappa shape index (κ3) is 4.34. The molecular weight excluding hydrogens is 388 g/mol. The Balaban J connectivity index is 1.74. The zero-order valence-corrected chi connectivity index (χ0v) is 16.6. The fourth-order valence-corrected chi connectivity index (χ4v) is 3.99. The SMILES string of the molecule is CC(C)C(=O)Nc1nc(CC(=O)N2CCc3ccc(S(N)(=O)=O)cc32)cs1. The quantitative estimate of drug-likeness (QED) is 0.776. The molecule has 1 aliphatic rings. The van der Waals surface area contributed by atoms with Gasteiger partial charge in [-0.1, -0.05) is 19.9 Å². The molecule has 1 aromatic heterocycles. The van der Waals surface area contributed by atoms with Crippen LogP contribution in [0, 0.1) is 5.92 Å². The van der Waals surface area contributed by atoms with Crippen molar-refractivity contribution in [3.8, 4) is 0 Å². The smallest absolute Gasteiger partial charge is 0.238 e. The number of aromatic nitrogens is 1. The molecule has 3 N–H and O–H groups in total. The fourth-order valence-electron chi connectivity index (χ4n) is 2.74. The van der Waals surface area contributed by atoms with Gasteiger partial charge >= 0.3 is 0 Å². The van der Waals surface area contributed by atoms with Gasteiger partial charge in [0.25, 0.3) is 0 Å². The summed E-state index contributed by atoms with van der Waals surface area (Å²) in [5.41, 5.74) is 2.02.